The molecule has 3 aromatic rings. The van der Waals surface area contributed by atoms with Gasteiger partial charge in [0.25, 0.3) is 0 Å². The van der Waals surface area contributed by atoms with Crippen molar-refractivity contribution >= 4 is 34.1 Å². The summed E-state index contributed by atoms with van der Waals surface area (Å²) < 4.78 is 20.7. The maximum absolute atomic E-state index is 14.2. The molecule has 1 fully saturated rings. The lowest BCUT2D eigenvalue weighted by Gasteiger charge is -2.30. The van der Waals surface area contributed by atoms with Gasteiger partial charge in [-0.2, -0.15) is 0 Å². The Bertz CT molecular complexity index is 1050. The topological polar surface area (TPSA) is 25.4 Å². The van der Waals surface area contributed by atoms with Crippen LogP contribution in [0, 0.1) is 5.82 Å². The van der Waals surface area contributed by atoms with Gasteiger partial charge in [-0.25, -0.2) is 4.39 Å². The lowest BCUT2D eigenvalue weighted by molar-refractivity contribution is 0.0952. The summed E-state index contributed by atoms with van der Waals surface area (Å²) >= 11 is 12.8. The van der Waals surface area contributed by atoms with Gasteiger partial charge in [-0.05, 0) is 74.3 Å². The molecular weight excluding hydrogens is 398 g/mol. The summed E-state index contributed by atoms with van der Waals surface area (Å²) in [4.78, 5) is 6.83. The Balaban J connectivity index is 1.60. The van der Waals surface area contributed by atoms with Crippen molar-refractivity contribution in [3.05, 3.63) is 69.6 Å². The highest BCUT2D eigenvalue weighted by atomic mass is 35.5. The number of aromatic nitrogens is 1. The van der Waals surface area contributed by atoms with Gasteiger partial charge in [-0.15, -0.1) is 0 Å². The third-order valence-electron chi connectivity index (χ3n) is 5.81. The van der Waals surface area contributed by atoms with E-state index in [1.165, 1.54) is 18.9 Å². The molecule has 28 heavy (non-hydrogen) atoms. The second-order valence-electron chi connectivity index (χ2n) is 7.45. The molecule has 1 aliphatic carbocycles. The lowest BCUT2D eigenvalue weighted by atomic mass is 10.1. The average Bonchev–Trinajstić information content (AvgIpc) is 3.33. The summed E-state index contributed by atoms with van der Waals surface area (Å²) in [6, 6.07) is 10.5. The van der Waals surface area contributed by atoms with Crippen LogP contribution < -0.4 is 4.74 Å². The van der Waals surface area contributed by atoms with E-state index in [1.54, 1.807) is 30.5 Å². The van der Waals surface area contributed by atoms with Gasteiger partial charge in [0.05, 0.1) is 6.04 Å². The Labute approximate surface area is 173 Å². The monoisotopic (exact) mass is 416 g/mol. The predicted molar refractivity (Wildman–Crippen MR) is 110 cm³/mol. The molecule has 2 atom stereocenters. The Morgan fingerprint density at radius 2 is 1.93 bits per heavy atom. The van der Waals surface area contributed by atoms with Crippen LogP contribution in [0.3, 0.4) is 0 Å². The number of hydrogen-bond acceptors (Lipinski definition) is 3. The van der Waals surface area contributed by atoms with E-state index in [4.69, 9.17) is 27.9 Å². The van der Waals surface area contributed by atoms with Crippen LogP contribution in [-0.4, -0.2) is 29.0 Å². The highest BCUT2D eigenvalue weighted by molar-refractivity contribution is 6.35. The van der Waals surface area contributed by atoms with Crippen molar-refractivity contribution in [2.75, 3.05) is 13.1 Å². The third kappa shape index (κ3) is 3.04. The minimum absolute atomic E-state index is 0.178. The van der Waals surface area contributed by atoms with E-state index in [0.29, 0.717) is 26.7 Å². The molecule has 1 aliphatic heterocycles. The quantitative estimate of drug-likeness (QED) is 0.537. The van der Waals surface area contributed by atoms with Crippen molar-refractivity contribution in [2.24, 2.45) is 0 Å². The molecule has 0 bridgehead atoms. The number of benzene rings is 2. The molecule has 0 unspecified atom stereocenters. The molecule has 6 heteroatoms. The van der Waals surface area contributed by atoms with E-state index in [1.807, 2.05) is 6.07 Å². The summed E-state index contributed by atoms with van der Waals surface area (Å²) in [7, 11) is 0. The van der Waals surface area contributed by atoms with Crippen LogP contribution in [0.4, 0.5) is 4.39 Å². The second-order valence-corrected chi connectivity index (χ2v) is 8.30. The fraction of sp³-hybridized carbons (Fsp3) is 0.318. The first-order valence-electron chi connectivity index (χ1n) is 9.53. The number of halogens is 3. The number of nitrogens with zero attached hydrogens (tertiary/aromatic N) is 2. The van der Waals surface area contributed by atoms with Crippen LogP contribution in [0.5, 0.6) is 5.75 Å². The number of likely N-dealkylation sites (tertiary alicyclic amines) is 1. The standard InChI is InChI=1S/C22H19Cl2FN2O/c23-13-10-16-15(17(24)11-13)12-19(27-8-1-2-9-27)22(16)28-20-6-5-18(25)14-4-3-7-26-21(14)20/h3-7,10-11,19,22H,1-2,8-9,12H2/t19-,22+/m1/s1. The SMILES string of the molecule is Fc1ccc(O[C@H]2c3cc(Cl)cc(Cl)c3C[C@H]2N2CCCC2)c2ncccc12. The van der Waals surface area contributed by atoms with E-state index >= 15 is 0 Å². The molecule has 2 heterocycles. The molecule has 1 saturated heterocycles. The summed E-state index contributed by atoms with van der Waals surface area (Å²) in [5, 5.41) is 1.74. The maximum atomic E-state index is 14.2. The van der Waals surface area contributed by atoms with Gasteiger partial charge in [-0.3, -0.25) is 9.88 Å². The van der Waals surface area contributed by atoms with Gasteiger partial charge >= 0.3 is 0 Å². The van der Waals surface area contributed by atoms with Gasteiger partial charge in [0.15, 0.2) is 0 Å². The van der Waals surface area contributed by atoms with Crippen molar-refractivity contribution in [1.29, 1.82) is 0 Å². The summed E-state index contributed by atoms with van der Waals surface area (Å²) in [6.07, 6.45) is 4.63. The zero-order valence-electron chi connectivity index (χ0n) is 15.2. The van der Waals surface area contributed by atoms with Gasteiger partial charge in [0.1, 0.15) is 23.2 Å². The first kappa shape index (κ1) is 18.2. The number of ether oxygens (including phenoxy) is 1. The minimum atomic E-state index is -0.301. The molecule has 0 amide bonds. The van der Waals surface area contributed by atoms with Crippen molar-refractivity contribution in [1.82, 2.24) is 9.88 Å². The number of pyridine rings is 1. The largest absolute Gasteiger partial charge is 0.482 e. The summed E-state index contributed by atoms with van der Waals surface area (Å²) in [5.41, 5.74) is 2.64. The summed E-state index contributed by atoms with van der Waals surface area (Å²) in [5.74, 6) is 0.277. The Kier molecular flexibility index (Phi) is 4.66. The van der Waals surface area contributed by atoms with Crippen LogP contribution in [0.1, 0.15) is 30.1 Å². The normalized spacial score (nSPS) is 22.0. The second kappa shape index (κ2) is 7.18. The van der Waals surface area contributed by atoms with Crippen LogP contribution in [0.15, 0.2) is 42.6 Å². The Morgan fingerprint density at radius 1 is 1.11 bits per heavy atom. The van der Waals surface area contributed by atoms with Crippen LogP contribution in [0.2, 0.25) is 10.0 Å². The molecule has 0 saturated carbocycles. The fourth-order valence-electron chi connectivity index (χ4n) is 4.50. The van der Waals surface area contributed by atoms with Crippen molar-refractivity contribution in [3.63, 3.8) is 0 Å². The molecule has 2 aliphatic rings. The van der Waals surface area contributed by atoms with E-state index < -0.39 is 0 Å². The van der Waals surface area contributed by atoms with Crippen molar-refractivity contribution in [2.45, 2.75) is 31.4 Å². The molecule has 0 spiro atoms. The van der Waals surface area contributed by atoms with Gasteiger partial charge < -0.3 is 4.74 Å². The molecule has 0 radical (unpaired) electrons. The first-order valence-corrected chi connectivity index (χ1v) is 10.3. The molecule has 3 nitrogen and oxygen atoms in total. The zero-order valence-corrected chi connectivity index (χ0v) is 16.7. The van der Waals surface area contributed by atoms with Crippen LogP contribution >= 0.6 is 23.2 Å². The molecule has 1 aromatic heterocycles. The molecule has 144 valence electrons. The van der Waals surface area contributed by atoms with E-state index in [2.05, 4.69) is 9.88 Å². The van der Waals surface area contributed by atoms with Gasteiger partial charge in [-0.1, -0.05) is 23.2 Å². The summed E-state index contributed by atoms with van der Waals surface area (Å²) in [6.45, 7) is 2.10. The van der Waals surface area contributed by atoms with Gasteiger partial charge in [0.2, 0.25) is 0 Å². The average molecular weight is 417 g/mol. The van der Waals surface area contributed by atoms with E-state index in [0.717, 1.165) is 30.6 Å². The van der Waals surface area contributed by atoms with E-state index in [-0.39, 0.29) is 18.0 Å². The van der Waals surface area contributed by atoms with Crippen molar-refractivity contribution in [3.8, 4) is 5.75 Å². The zero-order chi connectivity index (χ0) is 19.3. The third-order valence-corrected chi connectivity index (χ3v) is 6.36. The van der Waals surface area contributed by atoms with Crippen LogP contribution in [-0.2, 0) is 6.42 Å². The minimum Gasteiger partial charge on any atom is -0.482 e. The molecule has 5 rings (SSSR count). The van der Waals surface area contributed by atoms with Gasteiger partial charge in [0, 0.05) is 27.2 Å². The highest BCUT2D eigenvalue weighted by Gasteiger charge is 2.40. The van der Waals surface area contributed by atoms with E-state index in [9.17, 15) is 4.39 Å². The number of hydrogen-bond donors (Lipinski definition) is 0. The molecule has 0 N–H and O–H groups in total. The van der Waals surface area contributed by atoms with Crippen LogP contribution in [0.25, 0.3) is 10.9 Å². The number of rotatable bonds is 3. The van der Waals surface area contributed by atoms with Crippen molar-refractivity contribution < 1.29 is 9.13 Å². The molecule has 2 aromatic carbocycles. The first-order chi connectivity index (χ1) is 13.6. The lowest BCUT2D eigenvalue weighted by Crippen LogP contribution is -2.38. The Hall–Kier alpha value is -1.88. The highest BCUT2D eigenvalue weighted by Crippen LogP contribution is 2.44. The fourth-order valence-corrected chi connectivity index (χ4v) is 5.08. The maximum Gasteiger partial charge on any atom is 0.146 e. The smallest absolute Gasteiger partial charge is 0.146 e. The predicted octanol–water partition coefficient (Wildman–Crippen LogP) is 5.82. The number of fused-ring (bicyclic) bond motifs is 2. The molecular formula is C22H19Cl2FN2O. The Morgan fingerprint density at radius 3 is 2.75 bits per heavy atom.